The molecule has 12 heteroatoms. The second-order valence-corrected chi connectivity index (χ2v) is 7.02. The number of benzene rings is 2. The largest absolute Gasteiger partial charge is 0.486 e. The molecule has 0 saturated heterocycles. The smallest absolute Gasteiger partial charge is 0.416 e. The number of amides is 1. The summed E-state index contributed by atoms with van der Waals surface area (Å²) >= 11 is 0. The molecule has 1 aromatic heterocycles. The number of ether oxygens (including phenoxy) is 2. The molecule has 174 valence electrons. The molecule has 0 radical (unpaired) electrons. The molecule has 0 bridgehead atoms. The molecule has 1 N–H and O–H groups in total. The molecular formula is C21H14F6N2O4. The molecule has 1 aliphatic rings. The van der Waals surface area contributed by atoms with E-state index in [4.69, 9.17) is 14.0 Å². The lowest BCUT2D eigenvalue weighted by molar-refractivity contribution is -0.143. The summed E-state index contributed by atoms with van der Waals surface area (Å²) in [4.78, 5) is 12.3. The topological polar surface area (TPSA) is 73.6 Å². The van der Waals surface area contributed by atoms with Crippen molar-refractivity contribution in [3.05, 3.63) is 64.8 Å². The van der Waals surface area contributed by atoms with Gasteiger partial charge in [-0.3, -0.25) is 4.79 Å². The summed E-state index contributed by atoms with van der Waals surface area (Å²) in [6.07, 6.45) is -10.1. The predicted molar refractivity (Wildman–Crippen MR) is 101 cm³/mol. The number of hydrogen-bond donors (Lipinski definition) is 1. The van der Waals surface area contributed by atoms with E-state index in [2.05, 4.69) is 10.5 Å². The number of nitrogens with zero attached hydrogens (tertiary/aromatic N) is 1. The molecule has 0 unspecified atom stereocenters. The lowest BCUT2D eigenvalue weighted by Gasteiger charge is -2.18. The Morgan fingerprint density at radius 2 is 1.52 bits per heavy atom. The van der Waals surface area contributed by atoms with Crippen molar-refractivity contribution in [2.24, 2.45) is 0 Å². The third-order valence-electron chi connectivity index (χ3n) is 4.67. The maximum atomic E-state index is 13.0. The molecule has 33 heavy (non-hydrogen) atoms. The fourth-order valence-corrected chi connectivity index (χ4v) is 3.09. The van der Waals surface area contributed by atoms with E-state index >= 15 is 0 Å². The van der Waals surface area contributed by atoms with Gasteiger partial charge in [-0.05, 0) is 36.4 Å². The molecule has 0 atom stereocenters. The van der Waals surface area contributed by atoms with E-state index < -0.39 is 35.0 Å². The monoisotopic (exact) mass is 472 g/mol. The first-order valence-corrected chi connectivity index (χ1v) is 9.44. The number of fused-ring (bicyclic) bond motifs is 1. The highest BCUT2D eigenvalue weighted by molar-refractivity contribution is 5.94. The van der Waals surface area contributed by atoms with Crippen molar-refractivity contribution in [1.29, 1.82) is 0 Å². The van der Waals surface area contributed by atoms with Gasteiger partial charge in [0, 0.05) is 17.2 Å². The van der Waals surface area contributed by atoms with Crippen molar-refractivity contribution in [1.82, 2.24) is 10.5 Å². The number of halogens is 6. The van der Waals surface area contributed by atoms with Crippen LogP contribution >= 0.6 is 0 Å². The molecule has 1 amide bonds. The average Bonchev–Trinajstić information content (AvgIpc) is 3.24. The molecule has 2 heterocycles. The van der Waals surface area contributed by atoms with Crippen molar-refractivity contribution in [3.63, 3.8) is 0 Å². The van der Waals surface area contributed by atoms with Crippen LogP contribution in [0.15, 0.2) is 47.0 Å². The molecule has 1 aliphatic heterocycles. The van der Waals surface area contributed by atoms with Gasteiger partial charge in [-0.15, -0.1) is 0 Å². The van der Waals surface area contributed by atoms with Crippen molar-refractivity contribution >= 4 is 5.91 Å². The quantitative estimate of drug-likeness (QED) is 0.537. The summed E-state index contributed by atoms with van der Waals surface area (Å²) < 4.78 is 94.0. The summed E-state index contributed by atoms with van der Waals surface area (Å²) in [6, 6.07) is 7.17. The van der Waals surface area contributed by atoms with Crippen LogP contribution < -0.4 is 14.8 Å². The first-order chi connectivity index (χ1) is 15.5. The van der Waals surface area contributed by atoms with Crippen LogP contribution in [0.1, 0.15) is 27.2 Å². The minimum atomic E-state index is -5.05. The zero-order chi connectivity index (χ0) is 23.8. The van der Waals surface area contributed by atoms with Crippen molar-refractivity contribution < 1.29 is 45.1 Å². The van der Waals surface area contributed by atoms with Crippen LogP contribution in [0, 0.1) is 0 Å². The van der Waals surface area contributed by atoms with Gasteiger partial charge in [0.25, 0.3) is 5.91 Å². The summed E-state index contributed by atoms with van der Waals surface area (Å²) in [5, 5.41) is 6.01. The average molecular weight is 472 g/mol. The van der Waals surface area contributed by atoms with Crippen molar-refractivity contribution in [2.45, 2.75) is 18.9 Å². The summed E-state index contributed by atoms with van der Waals surface area (Å²) in [7, 11) is 0. The third kappa shape index (κ3) is 5.04. The van der Waals surface area contributed by atoms with Gasteiger partial charge in [-0.25, -0.2) is 0 Å². The molecule has 0 fully saturated rings. The number of aromatic nitrogens is 1. The fraction of sp³-hybridized carbons (Fsp3) is 0.238. The standard InChI is InChI=1S/C21H14F6N2O4/c22-20(23,24)13-5-12(6-14(8-13)21(25,26)27)19(30)28-10-15-9-17(33-29-15)11-1-2-16-18(7-11)32-4-3-31-16/h1-2,5-9H,3-4,10H2,(H,28,30). The van der Waals surface area contributed by atoms with Crippen LogP contribution in [-0.4, -0.2) is 24.3 Å². The lowest BCUT2D eigenvalue weighted by atomic mass is 10.0. The van der Waals surface area contributed by atoms with Gasteiger partial charge < -0.3 is 19.3 Å². The zero-order valence-corrected chi connectivity index (χ0v) is 16.5. The van der Waals surface area contributed by atoms with Gasteiger partial charge in [0.05, 0.1) is 17.7 Å². The van der Waals surface area contributed by atoms with Gasteiger partial charge >= 0.3 is 12.4 Å². The Bertz CT molecular complexity index is 1150. The second kappa shape index (κ2) is 8.34. The zero-order valence-electron chi connectivity index (χ0n) is 16.5. The Hall–Kier alpha value is -3.70. The predicted octanol–water partition coefficient (Wildman–Crippen LogP) is 5.08. The minimum Gasteiger partial charge on any atom is -0.486 e. The van der Waals surface area contributed by atoms with E-state index in [0.29, 0.717) is 48.2 Å². The molecule has 6 nitrogen and oxygen atoms in total. The van der Waals surface area contributed by atoms with Crippen molar-refractivity contribution in [2.75, 3.05) is 13.2 Å². The Morgan fingerprint density at radius 3 is 2.15 bits per heavy atom. The van der Waals surface area contributed by atoms with Crippen LogP contribution in [0.4, 0.5) is 26.3 Å². The number of rotatable bonds is 4. The van der Waals surface area contributed by atoms with Crippen LogP contribution in [0.3, 0.4) is 0 Å². The van der Waals surface area contributed by atoms with Gasteiger partial charge in [-0.2, -0.15) is 26.3 Å². The molecule has 0 aliphatic carbocycles. The normalized spacial score (nSPS) is 13.6. The molecular weight excluding hydrogens is 458 g/mol. The summed E-state index contributed by atoms with van der Waals surface area (Å²) in [5.74, 6) is 0.261. The van der Waals surface area contributed by atoms with Crippen LogP contribution in [0.25, 0.3) is 11.3 Å². The van der Waals surface area contributed by atoms with Gasteiger partial charge in [0.1, 0.15) is 18.9 Å². The van der Waals surface area contributed by atoms with E-state index in [-0.39, 0.29) is 18.3 Å². The highest BCUT2D eigenvalue weighted by Gasteiger charge is 2.37. The summed E-state index contributed by atoms with van der Waals surface area (Å²) in [5.41, 5.74) is -3.14. The molecule has 0 spiro atoms. The molecule has 3 aromatic rings. The number of nitrogens with one attached hydrogen (secondary N) is 1. The highest BCUT2D eigenvalue weighted by Crippen LogP contribution is 2.37. The van der Waals surface area contributed by atoms with E-state index in [0.717, 1.165) is 0 Å². The van der Waals surface area contributed by atoms with Gasteiger partial charge in [0.2, 0.25) is 0 Å². The van der Waals surface area contributed by atoms with E-state index in [9.17, 15) is 31.1 Å². The molecule has 4 rings (SSSR count). The number of hydrogen-bond acceptors (Lipinski definition) is 5. The lowest BCUT2D eigenvalue weighted by Crippen LogP contribution is -2.24. The Morgan fingerprint density at radius 1 is 0.879 bits per heavy atom. The highest BCUT2D eigenvalue weighted by atomic mass is 19.4. The molecule has 2 aromatic carbocycles. The fourth-order valence-electron chi connectivity index (χ4n) is 3.09. The van der Waals surface area contributed by atoms with Crippen LogP contribution in [0.5, 0.6) is 11.5 Å². The Labute approximate surface area is 182 Å². The summed E-state index contributed by atoms with van der Waals surface area (Å²) in [6.45, 7) is 0.523. The number of carbonyl (C=O) groups is 1. The third-order valence-corrected chi connectivity index (χ3v) is 4.67. The van der Waals surface area contributed by atoms with E-state index in [1.165, 1.54) is 6.07 Å². The van der Waals surface area contributed by atoms with Crippen molar-refractivity contribution in [3.8, 4) is 22.8 Å². The van der Waals surface area contributed by atoms with E-state index in [1.54, 1.807) is 18.2 Å². The SMILES string of the molecule is O=C(NCc1cc(-c2ccc3c(c2)OCCO3)on1)c1cc(C(F)(F)F)cc(C(F)(F)F)c1. The first kappa shape index (κ1) is 22.5. The van der Waals surface area contributed by atoms with Gasteiger partial charge in [0.15, 0.2) is 17.3 Å². The molecule has 0 saturated carbocycles. The Kier molecular flexibility index (Phi) is 5.68. The van der Waals surface area contributed by atoms with Crippen LogP contribution in [0.2, 0.25) is 0 Å². The maximum Gasteiger partial charge on any atom is 0.416 e. The number of alkyl halides is 6. The first-order valence-electron chi connectivity index (χ1n) is 9.44. The second-order valence-electron chi connectivity index (χ2n) is 7.02. The Balaban J connectivity index is 1.49. The van der Waals surface area contributed by atoms with Gasteiger partial charge in [-0.1, -0.05) is 5.16 Å². The number of carbonyl (C=O) groups excluding carboxylic acids is 1. The minimum absolute atomic E-state index is 0.0476. The van der Waals surface area contributed by atoms with E-state index in [1.807, 2.05) is 0 Å². The maximum absolute atomic E-state index is 13.0. The van der Waals surface area contributed by atoms with Crippen LogP contribution in [-0.2, 0) is 18.9 Å².